The van der Waals surface area contributed by atoms with Crippen molar-refractivity contribution in [2.75, 3.05) is 0 Å². The molecule has 3 aliphatic carbocycles. The molecule has 0 aromatic carbocycles. The third-order valence-electron chi connectivity index (χ3n) is 3.18. The molecule has 0 nitrogen and oxygen atoms in total. The summed E-state index contributed by atoms with van der Waals surface area (Å²) >= 11 is 0. The Kier molecular flexibility index (Phi) is 1.55. The topological polar surface area (TPSA) is 0 Å². The number of rotatable bonds is 0. The minimum atomic E-state index is 1.17. The van der Waals surface area contributed by atoms with Crippen molar-refractivity contribution in [3.05, 3.63) is 53.0 Å². The van der Waals surface area contributed by atoms with Gasteiger partial charge in [-0.3, -0.25) is 0 Å². The van der Waals surface area contributed by atoms with Crippen molar-refractivity contribution in [3.63, 3.8) is 0 Å². The van der Waals surface area contributed by atoms with Crippen LogP contribution in [0.4, 0.5) is 0 Å². The summed E-state index contributed by atoms with van der Waals surface area (Å²) in [6, 6.07) is 0. The van der Waals surface area contributed by atoms with Gasteiger partial charge >= 0.3 is 0 Å². The van der Waals surface area contributed by atoms with E-state index in [0.29, 0.717) is 0 Å². The first kappa shape index (κ1) is 7.37. The van der Waals surface area contributed by atoms with Crippen molar-refractivity contribution in [1.82, 2.24) is 0 Å². The van der Waals surface area contributed by atoms with Crippen LogP contribution >= 0.6 is 0 Å². The van der Waals surface area contributed by atoms with Crippen molar-refractivity contribution < 1.29 is 0 Å². The molecule has 0 aromatic heterocycles. The summed E-state index contributed by atoms with van der Waals surface area (Å²) in [7, 11) is 0. The normalized spacial score (nSPS) is 25.2. The molecular formula is C13H13. The fourth-order valence-electron chi connectivity index (χ4n) is 2.42. The Labute approximate surface area is 79.3 Å². The maximum Gasteiger partial charge on any atom is 0.00899 e. The highest BCUT2D eigenvalue weighted by Gasteiger charge is 2.20. The van der Waals surface area contributed by atoms with Crippen molar-refractivity contribution in [2.24, 2.45) is 0 Å². The van der Waals surface area contributed by atoms with Gasteiger partial charge in [-0.1, -0.05) is 35.5 Å². The van der Waals surface area contributed by atoms with Crippen LogP contribution in [0, 0.1) is 6.42 Å². The summed E-state index contributed by atoms with van der Waals surface area (Å²) in [5.74, 6) is 0. The Hall–Kier alpha value is -1.04. The van der Waals surface area contributed by atoms with Crippen LogP contribution in [0.3, 0.4) is 0 Å². The van der Waals surface area contributed by atoms with Gasteiger partial charge in [-0.25, -0.2) is 0 Å². The molecule has 0 amide bonds. The van der Waals surface area contributed by atoms with Gasteiger partial charge in [-0.2, -0.15) is 0 Å². The molecule has 3 aliphatic rings. The number of allylic oxidation sites excluding steroid dienone is 8. The quantitative estimate of drug-likeness (QED) is 0.520. The van der Waals surface area contributed by atoms with Gasteiger partial charge in [0.1, 0.15) is 0 Å². The Bertz CT molecular complexity index is 361. The van der Waals surface area contributed by atoms with Crippen LogP contribution in [-0.4, -0.2) is 0 Å². The lowest BCUT2D eigenvalue weighted by molar-refractivity contribution is 0.850. The van der Waals surface area contributed by atoms with Gasteiger partial charge in [-0.15, -0.1) is 0 Å². The fourth-order valence-corrected chi connectivity index (χ4v) is 2.42. The van der Waals surface area contributed by atoms with E-state index in [1.165, 1.54) is 25.7 Å². The lowest BCUT2D eigenvalue weighted by Crippen LogP contribution is -2.03. The molecule has 0 atom stereocenters. The predicted molar refractivity (Wildman–Crippen MR) is 55.1 cm³/mol. The molecule has 0 saturated carbocycles. The Morgan fingerprint density at radius 3 is 2.92 bits per heavy atom. The van der Waals surface area contributed by atoms with Crippen LogP contribution in [0.15, 0.2) is 46.6 Å². The monoisotopic (exact) mass is 169 g/mol. The molecular weight excluding hydrogens is 156 g/mol. The van der Waals surface area contributed by atoms with E-state index in [1.54, 1.807) is 22.3 Å². The van der Waals surface area contributed by atoms with Gasteiger partial charge in [0.25, 0.3) is 0 Å². The Morgan fingerprint density at radius 1 is 0.923 bits per heavy atom. The lowest BCUT2D eigenvalue weighted by Gasteiger charge is -2.22. The van der Waals surface area contributed by atoms with Crippen LogP contribution in [0.25, 0.3) is 0 Å². The highest BCUT2D eigenvalue weighted by molar-refractivity contribution is 5.52. The number of hydrogen-bond donors (Lipinski definition) is 0. The van der Waals surface area contributed by atoms with Gasteiger partial charge in [0.2, 0.25) is 0 Å². The minimum absolute atomic E-state index is 1.17. The highest BCUT2D eigenvalue weighted by Crippen LogP contribution is 2.39. The second-order valence-corrected chi connectivity index (χ2v) is 4.00. The third-order valence-corrected chi connectivity index (χ3v) is 3.18. The van der Waals surface area contributed by atoms with E-state index in [2.05, 4.69) is 30.7 Å². The maximum atomic E-state index is 2.33. The molecule has 0 aliphatic heterocycles. The van der Waals surface area contributed by atoms with Gasteiger partial charge < -0.3 is 0 Å². The molecule has 0 saturated heterocycles. The van der Waals surface area contributed by atoms with Gasteiger partial charge in [0.15, 0.2) is 0 Å². The summed E-state index contributed by atoms with van der Waals surface area (Å²) in [6.45, 7) is 0. The average molecular weight is 169 g/mol. The van der Waals surface area contributed by atoms with Gasteiger partial charge in [-0.05, 0) is 36.8 Å². The second kappa shape index (κ2) is 2.73. The maximum absolute atomic E-state index is 2.33. The second-order valence-electron chi connectivity index (χ2n) is 4.00. The first-order valence-electron chi connectivity index (χ1n) is 5.04. The fraction of sp³-hybridized carbons (Fsp3) is 0.308. The van der Waals surface area contributed by atoms with E-state index in [4.69, 9.17) is 0 Å². The summed E-state index contributed by atoms with van der Waals surface area (Å²) in [4.78, 5) is 0. The first-order valence-corrected chi connectivity index (χ1v) is 5.04. The molecule has 0 unspecified atom stereocenters. The zero-order chi connectivity index (χ0) is 8.67. The van der Waals surface area contributed by atoms with Crippen LogP contribution < -0.4 is 0 Å². The van der Waals surface area contributed by atoms with E-state index in [0.717, 1.165) is 0 Å². The molecule has 0 spiro atoms. The van der Waals surface area contributed by atoms with E-state index in [-0.39, 0.29) is 0 Å². The van der Waals surface area contributed by atoms with E-state index in [9.17, 15) is 0 Å². The first-order chi connectivity index (χ1) is 6.43. The molecule has 0 bridgehead atoms. The van der Waals surface area contributed by atoms with Gasteiger partial charge in [0.05, 0.1) is 0 Å². The average Bonchev–Trinajstić information content (AvgIpc) is 2.61. The van der Waals surface area contributed by atoms with Crippen molar-refractivity contribution >= 4 is 0 Å². The van der Waals surface area contributed by atoms with Crippen LogP contribution in [0.2, 0.25) is 0 Å². The van der Waals surface area contributed by atoms with Gasteiger partial charge in [0, 0.05) is 6.42 Å². The predicted octanol–water partition coefficient (Wildman–Crippen LogP) is 3.50. The summed E-state index contributed by atoms with van der Waals surface area (Å²) in [6.07, 6.45) is 16.3. The molecule has 3 rings (SSSR count). The summed E-state index contributed by atoms with van der Waals surface area (Å²) < 4.78 is 0. The van der Waals surface area contributed by atoms with E-state index >= 15 is 0 Å². The van der Waals surface area contributed by atoms with E-state index < -0.39 is 0 Å². The SMILES string of the molecule is [CH]1C=CC2=C1CC1=C(CCC=C1)C2. The molecule has 0 heteroatoms. The standard InChI is InChI=1S/C13H13/c1-2-5-11-9-13-7-3-6-12(13)8-10(11)4-1/h1,3-4,6-7H,2,5,8-9H2. The largest absolute Gasteiger partial charge is 0.0839 e. The van der Waals surface area contributed by atoms with Crippen LogP contribution in [0.1, 0.15) is 25.7 Å². The molecule has 0 heterocycles. The lowest BCUT2D eigenvalue weighted by atomic mass is 9.83. The Balaban J connectivity index is 1.94. The summed E-state index contributed by atoms with van der Waals surface area (Å²) in [5, 5.41) is 0. The van der Waals surface area contributed by atoms with Crippen LogP contribution in [-0.2, 0) is 0 Å². The van der Waals surface area contributed by atoms with E-state index in [1.807, 2.05) is 0 Å². The van der Waals surface area contributed by atoms with Crippen molar-refractivity contribution in [3.8, 4) is 0 Å². The molecule has 0 fully saturated rings. The Morgan fingerprint density at radius 2 is 1.92 bits per heavy atom. The zero-order valence-electron chi connectivity index (χ0n) is 7.72. The molecule has 1 radical (unpaired) electrons. The third kappa shape index (κ3) is 1.13. The molecule has 0 N–H and O–H groups in total. The van der Waals surface area contributed by atoms with Crippen molar-refractivity contribution in [1.29, 1.82) is 0 Å². The van der Waals surface area contributed by atoms with Crippen molar-refractivity contribution in [2.45, 2.75) is 25.7 Å². The highest BCUT2D eigenvalue weighted by atomic mass is 14.3. The zero-order valence-corrected chi connectivity index (χ0v) is 7.72. The molecule has 13 heavy (non-hydrogen) atoms. The number of hydrogen-bond acceptors (Lipinski definition) is 0. The smallest absolute Gasteiger partial charge is 0.00899 e. The summed E-state index contributed by atoms with van der Waals surface area (Å²) in [5.41, 5.74) is 6.38. The van der Waals surface area contributed by atoms with Crippen LogP contribution in [0.5, 0.6) is 0 Å². The minimum Gasteiger partial charge on any atom is -0.0839 e. The molecule has 0 aromatic rings. The molecule has 65 valence electrons.